The molecule has 1 aliphatic heterocycles. The fraction of sp³-hybridized carbons (Fsp3) is 0.269. The maximum atomic E-state index is 10.2. The van der Waals surface area contributed by atoms with E-state index in [-0.39, 0.29) is 5.75 Å². The zero-order valence-electron chi connectivity index (χ0n) is 20.5. The van der Waals surface area contributed by atoms with Crippen molar-refractivity contribution in [3.8, 4) is 28.8 Å². The van der Waals surface area contributed by atoms with E-state index in [1.807, 2.05) is 43.6 Å². The van der Waals surface area contributed by atoms with Gasteiger partial charge in [0.05, 0.1) is 17.9 Å². The van der Waals surface area contributed by atoms with Crippen LogP contribution in [0.25, 0.3) is 11.3 Å². The summed E-state index contributed by atoms with van der Waals surface area (Å²) in [6.45, 7) is 3.58. The third kappa shape index (κ3) is 5.70. The van der Waals surface area contributed by atoms with Gasteiger partial charge < -0.3 is 26.0 Å². The summed E-state index contributed by atoms with van der Waals surface area (Å²) < 4.78 is 1.73. The molecule has 0 atom stereocenters. The number of rotatable bonds is 5. The first kappa shape index (κ1) is 23.9. The normalized spacial score (nSPS) is 13.5. The number of phenolic OH excluding ortho intramolecular Hbond substituents is 1. The Hall–Kier alpha value is -4.85. The van der Waals surface area contributed by atoms with Crippen LogP contribution in [0, 0.1) is 11.8 Å². The maximum absolute atomic E-state index is 10.2. The molecule has 0 spiro atoms. The first-order valence-corrected chi connectivity index (χ1v) is 12.0. The number of aryl methyl sites for hydroxylation is 1. The van der Waals surface area contributed by atoms with Crippen LogP contribution in [0.3, 0.4) is 0 Å². The van der Waals surface area contributed by atoms with E-state index in [4.69, 9.17) is 5.73 Å². The SMILES string of the molecule is Cn1ccc(NCC#Cc2nccc(N3CCCN(c4cc(-c5ccccc5O)nnc4N)CC3)n2)n1. The van der Waals surface area contributed by atoms with Crippen molar-refractivity contribution in [2.45, 2.75) is 6.42 Å². The van der Waals surface area contributed by atoms with E-state index in [2.05, 4.69) is 52.2 Å². The Kier molecular flexibility index (Phi) is 6.98. The van der Waals surface area contributed by atoms with Crippen molar-refractivity contribution in [2.75, 3.05) is 53.6 Å². The summed E-state index contributed by atoms with van der Waals surface area (Å²) in [5.74, 6) is 8.70. The van der Waals surface area contributed by atoms with Crippen molar-refractivity contribution < 1.29 is 5.11 Å². The molecule has 4 N–H and O–H groups in total. The van der Waals surface area contributed by atoms with E-state index >= 15 is 0 Å². The molecule has 188 valence electrons. The number of aromatic hydroxyl groups is 1. The minimum absolute atomic E-state index is 0.157. The lowest BCUT2D eigenvalue weighted by Crippen LogP contribution is -2.31. The van der Waals surface area contributed by atoms with Crippen LogP contribution in [0.15, 0.2) is 54.9 Å². The van der Waals surface area contributed by atoms with Crippen molar-refractivity contribution in [3.63, 3.8) is 0 Å². The van der Waals surface area contributed by atoms with Crippen LogP contribution in [0.2, 0.25) is 0 Å². The molecule has 4 heterocycles. The highest BCUT2D eigenvalue weighted by Gasteiger charge is 2.20. The number of para-hydroxylation sites is 1. The molecule has 1 fully saturated rings. The Morgan fingerprint density at radius 1 is 1.05 bits per heavy atom. The van der Waals surface area contributed by atoms with Gasteiger partial charge in [0.25, 0.3) is 0 Å². The maximum Gasteiger partial charge on any atom is 0.206 e. The van der Waals surface area contributed by atoms with E-state index in [0.29, 0.717) is 29.4 Å². The van der Waals surface area contributed by atoms with E-state index in [9.17, 15) is 5.11 Å². The molecule has 0 amide bonds. The van der Waals surface area contributed by atoms with Gasteiger partial charge in [0, 0.05) is 57.3 Å². The number of hydrogen-bond acceptors (Lipinski definition) is 10. The molecule has 11 heteroatoms. The summed E-state index contributed by atoms with van der Waals surface area (Å²) >= 11 is 0. The fourth-order valence-corrected chi connectivity index (χ4v) is 4.21. The molecule has 3 aromatic heterocycles. The number of nitrogens with two attached hydrogens (primary N) is 1. The molecule has 4 aromatic rings. The molecule has 11 nitrogen and oxygen atoms in total. The summed E-state index contributed by atoms with van der Waals surface area (Å²) in [5, 5.41) is 26.0. The monoisotopic (exact) mass is 496 g/mol. The smallest absolute Gasteiger partial charge is 0.206 e. The standard InChI is InChI=1S/C26H28N10O/c1-34-15-10-24(33-34)28-11-4-8-23-29-12-9-25(30-23)36-14-5-13-35(16-17-36)21-18-20(31-32-26(21)27)19-6-2-3-7-22(19)37/h2-3,6-7,9-10,12,15,18,37H,5,11,13-14,16-17H2,1H3,(H2,27,32)(H,28,33). The Bertz CT molecular complexity index is 1440. The average molecular weight is 497 g/mol. The molecule has 0 bridgehead atoms. The molecule has 0 saturated carbocycles. The molecule has 37 heavy (non-hydrogen) atoms. The lowest BCUT2D eigenvalue weighted by Gasteiger charge is -2.25. The molecule has 0 radical (unpaired) electrons. The van der Waals surface area contributed by atoms with Crippen LogP contribution in [0.1, 0.15) is 12.2 Å². The number of nitrogens with zero attached hydrogens (tertiary/aromatic N) is 8. The second kappa shape index (κ2) is 10.8. The summed E-state index contributed by atoms with van der Waals surface area (Å²) in [6, 6.07) is 12.8. The minimum Gasteiger partial charge on any atom is -0.507 e. The molecule has 0 aliphatic carbocycles. The molecule has 1 aliphatic rings. The van der Waals surface area contributed by atoms with Gasteiger partial charge in [-0.15, -0.1) is 10.2 Å². The number of hydrogen-bond donors (Lipinski definition) is 3. The number of nitrogen functional groups attached to an aromatic ring is 1. The first-order chi connectivity index (χ1) is 18.1. The van der Waals surface area contributed by atoms with Gasteiger partial charge in [0.15, 0.2) is 5.82 Å². The van der Waals surface area contributed by atoms with Gasteiger partial charge in [-0.1, -0.05) is 18.1 Å². The number of nitrogens with one attached hydrogen (secondary N) is 1. The Labute approximate surface area is 215 Å². The van der Waals surface area contributed by atoms with E-state index in [0.717, 1.165) is 49.9 Å². The van der Waals surface area contributed by atoms with Crippen LogP contribution in [-0.2, 0) is 7.05 Å². The summed E-state index contributed by atoms with van der Waals surface area (Å²) in [6.07, 6.45) is 4.52. The van der Waals surface area contributed by atoms with E-state index in [1.54, 1.807) is 23.0 Å². The predicted octanol–water partition coefficient (Wildman–Crippen LogP) is 2.14. The molecule has 1 saturated heterocycles. The van der Waals surface area contributed by atoms with Crippen molar-refractivity contribution in [2.24, 2.45) is 7.05 Å². The zero-order chi connectivity index (χ0) is 25.6. The topological polar surface area (TPSA) is 134 Å². The van der Waals surface area contributed by atoms with Gasteiger partial charge >= 0.3 is 0 Å². The second-order valence-electron chi connectivity index (χ2n) is 8.61. The second-order valence-corrected chi connectivity index (χ2v) is 8.61. The highest BCUT2D eigenvalue weighted by molar-refractivity contribution is 5.74. The third-order valence-electron chi connectivity index (χ3n) is 6.05. The molecule has 1 aromatic carbocycles. The highest BCUT2D eigenvalue weighted by Crippen LogP contribution is 2.31. The van der Waals surface area contributed by atoms with Gasteiger partial charge in [-0.05, 0) is 36.6 Å². The first-order valence-electron chi connectivity index (χ1n) is 12.0. The Morgan fingerprint density at radius 2 is 1.89 bits per heavy atom. The summed E-state index contributed by atoms with van der Waals surface area (Å²) in [5.41, 5.74) is 8.23. The van der Waals surface area contributed by atoms with Gasteiger partial charge in [0.1, 0.15) is 17.4 Å². The van der Waals surface area contributed by atoms with Gasteiger partial charge in [-0.25, -0.2) is 9.97 Å². The molecular weight excluding hydrogens is 468 g/mol. The lowest BCUT2D eigenvalue weighted by atomic mass is 10.1. The van der Waals surface area contributed by atoms with Crippen LogP contribution >= 0.6 is 0 Å². The Balaban J connectivity index is 1.25. The van der Waals surface area contributed by atoms with Crippen molar-refractivity contribution in [1.29, 1.82) is 0 Å². The third-order valence-corrected chi connectivity index (χ3v) is 6.05. The minimum atomic E-state index is 0.157. The van der Waals surface area contributed by atoms with Crippen LogP contribution in [0.5, 0.6) is 5.75 Å². The summed E-state index contributed by atoms with van der Waals surface area (Å²) in [4.78, 5) is 13.4. The molecule has 5 rings (SSSR count). The van der Waals surface area contributed by atoms with Crippen molar-refractivity contribution >= 4 is 23.1 Å². The number of benzene rings is 1. The van der Waals surface area contributed by atoms with Crippen molar-refractivity contribution in [1.82, 2.24) is 29.9 Å². The van der Waals surface area contributed by atoms with Gasteiger partial charge in [-0.2, -0.15) is 5.10 Å². The zero-order valence-corrected chi connectivity index (χ0v) is 20.5. The quantitative estimate of drug-likeness (QED) is 0.353. The van der Waals surface area contributed by atoms with Crippen LogP contribution in [0.4, 0.5) is 23.1 Å². The lowest BCUT2D eigenvalue weighted by molar-refractivity contribution is 0.477. The number of anilines is 4. The molecule has 0 unspecified atom stereocenters. The van der Waals surface area contributed by atoms with Crippen LogP contribution in [-0.4, -0.2) is 67.8 Å². The fourth-order valence-electron chi connectivity index (χ4n) is 4.21. The predicted molar refractivity (Wildman–Crippen MR) is 143 cm³/mol. The van der Waals surface area contributed by atoms with Gasteiger partial charge in [-0.3, -0.25) is 4.68 Å². The molecular formula is C26H28N10O. The largest absolute Gasteiger partial charge is 0.507 e. The van der Waals surface area contributed by atoms with Crippen LogP contribution < -0.4 is 20.9 Å². The average Bonchev–Trinajstić information content (AvgIpc) is 3.17. The number of phenols is 1. The van der Waals surface area contributed by atoms with Gasteiger partial charge in [0.2, 0.25) is 5.82 Å². The highest BCUT2D eigenvalue weighted by atomic mass is 16.3. The Morgan fingerprint density at radius 3 is 2.73 bits per heavy atom. The van der Waals surface area contributed by atoms with E-state index < -0.39 is 0 Å². The number of aromatic nitrogens is 6. The summed E-state index contributed by atoms with van der Waals surface area (Å²) in [7, 11) is 1.87. The van der Waals surface area contributed by atoms with E-state index in [1.165, 1.54) is 0 Å². The van der Waals surface area contributed by atoms with Crippen molar-refractivity contribution in [3.05, 3.63) is 60.7 Å².